The van der Waals surface area contributed by atoms with Crippen LogP contribution in [0.1, 0.15) is 33.6 Å². The van der Waals surface area contributed by atoms with Crippen LogP contribution in [-0.2, 0) is 0 Å². The summed E-state index contributed by atoms with van der Waals surface area (Å²) in [6, 6.07) is 2.65. The third kappa shape index (κ3) is 20.8. The number of carboxylic acid groups (broad SMARTS) is 2. The smallest absolute Gasteiger partial charge is 0.336 e. The van der Waals surface area contributed by atoms with Crippen molar-refractivity contribution in [2.45, 2.75) is 12.8 Å². The fourth-order valence-corrected chi connectivity index (χ4v) is 13.7. The zero-order valence-electron chi connectivity index (χ0n) is 29.2. The van der Waals surface area contributed by atoms with Crippen LogP contribution in [0, 0.1) is 0 Å². The summed E-state index contributed by atoms with van der Waals surface area (Å²) in [5.41, 5.74) is -0.583. The van der Waals surface area contributed by atoms with E-state index in [9.17, 15) is 19.8 Å². The third-order valence-corrected chi connectivity index (χ3v) is 16.9. The molecule has 0 saturated carbocycles. The summed E-state index contributed by atoms with van der Waals surface area (Å²) >= 11 is 16.2. The molecule has 0 bridgehead atoms. The van der Waals surface area contributed by atoms with Gasteiger partial charge in [-0.15, -0.1) is 0 Å². The van der Waals surface area contributed by atoms with Crippen LogP contribution in [0.4, 0.5) is 0 Å². The summed E-state index contributed by atoms with van der Waals surface area (Å²) < 4.78 is 12.4. The summed E-state index contributed by atoms with van der Waals surface area (Å²) in [7, 11) is 0. The van der Waals surface area contributed by atoms with E-state index in [4.69, 9.17) is 9.47 Å². The summed E-state index contributed by atoms with van der Waals surface area (Å²) in [5, 5.41) is 19.7. The molecule has 2 fully saturated rings. The van der Waals surface area contributed by atoms with Gasteiger partial charge in [0.2, 0.25) is 0 Å². The van der Waals surface area contributed by atoms with Crippen LogP contribution in [0.25, 0.3) is 0 Å². The van der Waals surface area contributed by atoms with Gasteiger partial charge in [0.25, 0.3) is 0 Å². The quantitative estimate of drug-likeness (QED) is 0.250. The number of thioether (sulfide) groups is 8. The van der Waals surface area contributed by atoms with Gasteiger partial charge >= 0.3 is 11.9 Å². The minimum Gasteiger partial charge on any atom is -0.488 e. The zero-order chi connectivity index (χ0) is 35.5. The Morgan fingerprint density at radius 2 is 0.760 bits per heavy atom. The first-order valence-electron chi connectivity index (χ1n) is 17.5. The van der Waals surface area contributed by atoms with E-state index in [2.05, 4.69) is 56.8 Å². The van der Waals surface area contributed by atoms with Crippen LogP contribution in [0.5, 0.6) is 11.5 Å². The molecule has 3 rings (SSSR count). The van der Waals surface area contributed by atoms with Gasteiger partial charge in [0, 0.05) is 108 Å². The van der Waals surface area contributed by atoms with Gasteiger partial charge in [-0.25, -0.2) is 9.59 Å². The standard InChI is InChI=1S/C34H56N2O6S8/c37-33(38)29-27-31(41-9-3-35-5-15-47-23-19-43-11-1-12-44-20-24-48-16-6-35)32(28-30(29)34(39)40)42-10-4-36-7-17-49-25-21-45-13-2-14-46-22-26-50-18-8-36/h27-28H,1-26H2,(H,37,38)(H,39,40). The molecule has 0 spiro atoms. The van der Waals surface area contributed by atoms with E-state index in [1.54, 1.807) is 0 Å². The maximum atomic E-state index is 12.0. The van der Waals surface area contributed by atoms with Gasteiger partial charge in [-0.05, 0) is 48.0 Å². The predicted octanol–water partition coefficient (Wildman–Crippen LogP) is 7.12. The average molecular weight is 845 g/mol. The molecule has 16 heteroatoms. The third-order valence-electron chi connectivity index (χ3n) is 7.73. The maximum Gasteiger partial charge on any atom is 0.336 e. The second kappa shape index (κ2) is 29.8. The molecule has 0 unspecified atom stereocenters. The Labute approximate surface area is 334 Å². The molecule has 286 valence electrons. The fraction of sp³-hybridized carbons (Fsp3) is 0.765. The number of benzene rings is 1. The summed E-state index contributed by atoms with van der Waals surface area (Å²) in [6.07, 6.45) is 2.60. The molecule has 0 amide bonds. The fourth-order valence-electron chi connectivity index (χ4n) is 4.97. The van der Waals surface area contributed by atoms with Crippen molar-refractivity contribution in [2.24, 2.45) is 0 Å². The molecule has 0 radical (unpaired) electrons. The number of nitrogens with zero attached hydrogens (tertiary/aromatic N) is 2. The van der Waals surface area contributed by atoms with Crippen LogP contribution in [0.2, 0.25) is 0 Å². The highest BCUT2D eigenvalue weighted by molar-refractivity contribution is 8.04. The number of carbonyl (C=O) groups is 2. The van der Waals surface area contributed by atoms with Gasteiger partial charge in [-0.2, -0.15) is 94.1 Å². The Morgan fingerprint density at radius 1 is 0.480 bits per heavy atom. The topological polar surface area (TPSA) is 99.5 Å². The normalized spacial score (nSPS) is 20.5. The zero-order valence-corrected chi connectivity index (χ0v) is 35.8. The molecule has 0 aromatic heterocycles. The van der Waals surface area contributed by atoms with Crippen LogP contribution in [0.15, 0.2) is 12.1 Å². The Kier molecular flexibility index (Phi) is 26.7. The summed E-state index contributed by atoms with van der Waals surface area (Å²) in [6.45, 7) is 6.01. The molecule has 50 heavy (non-hydrogen) atoms. The minimum absolute atomic E-state index is 0.286. The lowest BCUT2D eigenvalue weighted by Crippen LogP contribution is -2.33. The molecular weight excluding hydrogens is 789 g/mol. The lowest BCUT2D eigenvalue weighted by molar-refractivity contribution is 0.0650. The molecule has 0 aliphatic carbocycles. The van der Waals surface area contributed by atoms with E-state index in [1.165, 1.54) is 94.0 Å². The number of hydrogen-bond donors (Lipinski definition) is 2. The van der Waals surface area contributed by atoms with Crippen LogP contribution in [-0.4, -0.2) is 176 Å². The van der Waals surface area contributed by atoms with E-state index in [0.29, 0.717) is 26.3 Å². The molecule has 8 nitrogen and oxygen atoms in total. The first-order valence-corrected chi connectivity index (χ1v) is 26.7. The predicted molar refractivity (Wildman–Crippen MR) is 232 cm³/mol. The van der Waals surface area contributed by atoms with Crippen molar-refractivity contribution in [3.05, 3.63) is 23.3 Å². The van der Waals surface area contributed by atoms with Gasteiger partial charge in [0.15, 0.2) is 11.5 Å². The second-order valence-corrected chi connectivity index (χ2v) is 21.2. The van der Waals surface area contributed by atoms with Crippen molar-refractivity contribution in [3.8, 4) is 11.5 Å². The molecule has 2 saturated heterocycles. The number of hydrogen-bond acceptors (Lipinski definition) is 14. The van der Waals surface area contributed by atoms with Crippen LogP contribution >= 0.6 is 94.1 Å². The summed E-state index contributed by atoms with van der Waals surface area (Å²) in [4.78, 5) is 28.9. The monoisotopic (exact) mass is 844 g/mol. The number of ether oxygens (including phenoxy) is 2. The Hall–Kier alpha value is 0.480. The van der Waals surface area contributed by atoms with E-state index in [1.807, 2.05) is 47.0 Å². The first-order chi connectivity index (χ1) is 24.5. The highest BCUT2D eigenvalue weighted by Crippen LogP contribution is 2.32. The molecular formula is C34H56N2O6S8. The Balaban J connectivity index is 1.60. The minimum atomic E-state index is -1.30. The van der Waals surface area contributed by atoms with Gasteiger partial charge in [0.05, 0.1) is 11.1 Å². The molecule has 1 aromatic carbocycles. The van der Waals surface area contributed by atoms with Crippen LogP contribution < -0.4 is 9.47 Å². The van der Waals surface area contributed by atoms with Crippen molar-refractivity contribution in [1.29, 1.82) is 0 Å². The van der Waals surface area contributed by atoms with Gasteiger partial charge in [0.1, 0.15) is 13.2 Å². The van der Waals surface area contributed by atoms with Gasteiger partial charge in [-0.3, -0.25) is 9.80 Å². The molecule has 2 heterocycles. The van der Waals surface area contributed by atoms with E-state index < -0.39 is 11.9 Å². The first kappa shape index (κ1) is 44.9. The van der Waals surface area contributed by atoms with Crippen molar-refractivity contribution in [1.82, 2.24) is 9.80 Å². The summed E-state index contributed by atoms with van der Waals surface area (Å²) in [5.74, 6) is 16.7. The van der Waals surface area contributed by atoms with Crippen molar-refractivity contribution in [2.75, 3.05) is 145 Å². The lowest BCUT2D eigenvalue weighted by Gasteiger charge is -2.24. The highest BCUT2D eigenvalue weighted by atomic mass is 32.2. The molecule has 1 aromatic rings. The van der Waals surface area contributed by atoms with E-state index >= 15 is 0 Å². The largest absolute Gasteiger partial charge is 0.488 e. The van der Waals surface area contributed by atoms with Crippen molar-refractivity contribution >= 4 is 106 Å². The average Bonchev–Trinajstić information content (AvgIpc) is 3.09. The van der Waals surface area contributed by atoms with Crippen molar-refractivity contribution < 1.29 is 29.3 Å². The molecule has 2 aliphatic heterocycles. The molecule has 0 atom stereocenters. The van der Waals surface area contributed by atoms with E-state index in [0.717, 1.165) is 49.2 Å². The number of rotatable bonds is 10. The SMILES string of the molecule is O=C(O)c1cc(OCCN2CCSCCSCCCSCCSCC2)c(OCCN2CCSCCSCCCSCCSCC2)cc1C(=O)O. The van der Waals surface area contributed by atoms with Crippen LogP contribution in [0.3, 0.4) is 0 Å². The van der Waals surface area contributed by atoms with E-state index in [-0.39, 0.29) is 22.6 Å². The van der Waals surface area contributed by atoms with Gasteiger partial charge in [-0.1, -0.05) is 0 Å². The number of aromatic carboxylic acids is 2. The Morgan fingerprint density at radius 3 is 1.04 bits per heavy atom. The molecule has 2 N–H and O–H groups in total. The second-order valence-electron chi connectivity index (χ2n) is 11.4. The van der Waals surface area contributed by atoms with Crippen molar-refractivity contribution in [3.63, 3.8) is 0 Å². The van der Waals surface area contributed by atoms with Gasteiger partial charge < -0.3 is 19.7 Å². The highest BCUT2D eigenvalue weighted by Gasteiger charge is 2.22. The Bertz CT molecular complexity index is 966. The maximum absolute atomic E-state index is 12.0. The number of carboxylic acids is 2. The molecule has 2 aliphatic rings. The lowest BCUT2D eigenvalue weighted by atomic mass is 10.1.